The Morgan fingerprint density at radius 3 is 2.15 bits per heavy atom. The average Bonchev–Trinajstić information content (AvgIpc) is 3.50. The first-order valence-corrected chi connectivity index (χ1v) is 15.7. The molecule has 1 aliphatic carbocycles. The van der Waals surface area contributed by atoms with E-state index in [0.29, 0.717) is 24.5 Å². The Morgan fingerprint density at radius 1 is 0.927 bits per heavy atom. The van der Waals surface area contributed by atoms with Crippen LogP contribution in [-0.2, 0) is 26.0 Å². The molecule has 1 fully saturated rings. The summed E-state index contributed by atoms with van der Waals surface area (Å²) in [4.78, 5) is 28.8. The molecule has 0 aliphatic heterocycles. The summed E-state index contributed by atoms with van der Waals surface area (Å²) in [6.07, 6.45) is 4.53. The lowest BCUT2D eigenvalue weighted by Crippen LogP contribution is -2.53. The third kappa shape index (κ3) is 7.88. The number of carbonyl (C=O) groups excluding carboxylic acids is 2. The predicted octanol–water partition coefficient (Wildman–Crippen LogP) is 4.80. The summed E-state index contributed by atoms with van der Waals surface area (Å²) < 4.78 is 34.4. The molecular weight excluding hydrogens is 538 g/mol. The van der Waals surface area contributed by atoms with Crippen molar-refractivity contribution in [3.63, 3.8) is 0 Å². The molecule has 0 radical (unpaired) electrons. The van der Waals surface area contributed by atoms with Gasteiger partial charge in [-0.2, -0.15) is 0 Å². The molecule has 0 bridgehead atoms. The summed E-state index contributed by atoms with van der Waals surface area (Å²) in [6, 6.07) is 23.7. The third-order valence-electron chi connectivity index (χ3n) is 7.40. The Morgan fingerprint density at radius 2 is 1.54 bits per heavy atom. The Kier molecular flexibility index (Phi) is 10.4. The second kappa shape index (κ2) is 14.2. The van der Waals surface area contributed by atoms with E-state index in [4.69, 9.17) is 4.74 Å². The van der Waals surface area contributed by atoms with E-state index in [0.717, 1.165) is 35.6 Å². The molecule has 0 heterocycles. The van der Waals surface area contributed by atoms with Gasteiger partial charge < -0.3 is 15.0 Å². The molecule has 0 saturated heterocycles. The first-order chi connectivity index (χ1) is 19.8. The molecule has 1 saturated carbocycles. The number of hydrogen-bond acceptors (Lipinski definition) is 5. The summed E-state index contributed by atoms with van der Waals surface area (Å²) in [5, 5.41) is 3.09. The molecule has 3 aromatic rings. The van der Waals surface area contributed by atoms with Crippen LogP contribution in [0.15, 0.2) is 89.8 Å². The van der Waals surface area contributed by atoms with Crippen LogP contribution in [0.25, 0.3) is 0 Å². The molecule has 4 rings (SSSR count). The minimum absolute atomic E-state index is 0.0737. The molecule has 8 nitrogen and oxygen atoms in total. The van der Waals surface area contributed by atoms with Crippen LogP contribution in [0.1, 0.15) is 45.1 Å². The Hall–Kier alpha value is -3.85. The minimum atomic E-state index is -4.10. The number of rotatable bonds is 13. The molecule has 1 aliphatic rings. The fourth-order valence-corrected chi connectivity index (χ4v) is 6.52. The number of carbonyl (C=O) groups is 2. The lowest BCUT2D eigenvalue weighted by atomic mass is 10.1. The van der Waals surface area contributed by atoms with E-state index >= 15 is 0 Å². The number of hydrogen-bond donors (Lipinski definition) is 1. The van der Waals surface area contributed by atoms with Gasteiger partial charge in [-0.25, -0.2) is 8.42 Å². The van der Waals surface area contributed by atoms with Crippen molar-refractivity contribution < 1.29 is 22.7 Å². The van der Waals surface area contributed by atoms with E-state index in [1.54, 1.807) is 49.4 Å². The van der Waals surface area contributed by atoms with Gasteiger partial charge in [-0.1, -0.05) is 61.4 Å². The number of amides is 2. The zero-order valence-electron chi connectivity index (χ0n) is 23.7. The van der Waals surface area contributed by atoms with Gasteiger partial charge in [-0.3, -0.25) is 13.9 Å². The van der Waals surface area contributed by atoms with Crippen LogP contribution in [0, 0.1) is 0 Å². The summed E-state index contributed by atoms with van der Waals surface area (Å²) in [6.45, 7) is 3.86. The Labute approximate surface area is 243 Å². The van der Waals surface area contributed by atoms with Crippen molar-refractivity contribution in [3.05, 3.63) is 90.5 Å². The molecule has 0 unspecified atom stereocenters. The molecular formula is C32H39N3O5S. The maximum absolute atomic E-state index is 14.0. The number of benzene rings is 3. The molecule has 0 spiro atoms. The summed E-state index contributed by atoms with van der Waals surface area (Å²) in [5.74, 6) is -0.0819. The molecule has 1 N–H and O–H groups in total. The van der Waals surface area contributed by atoms with E-state index < -0.39 is 28.5 Å². The number of nitrogens with one attached hydrogen (secondary N) is 1. The maximum atomic E-state index is 14.0. The quantitative estimate of drug-likeness (QED) is 0.315. The summed E-state index contributed by atoms with van der Waals surface area (Å²) >= 11 is 0. The summed E-state index contributed by atoms with van der Waals surface area (Å²) in [7, 11) is -4.10. The zero-order chi connectivity index (χ0) is 29.2. The zero-order valence-corrected chi connectivity index (χ0v) is 24.6. The number of ether oxygens (including phenoxy) is 1. The van der Waals surface area contributed by atoms with Crippen molar-refractivity contribution in [2.24, 2.45) is 0 Å². The van der Waals surface area contributed by atoms with E-state index in [9.17, 15) is 18.0 Å². The second-order valence-electron chi connectivity index (χ2n) is 10.2. The number of sulfonamides is 1. The van der Waals surface area contributed by atoms with Gasteiger partial charge in [0, 0.05) is 12.6 Å². The summed E-state index contributed by atoms with van der Waals surface area (Å²) in [5.41, 5.74) is 1.35. The minimum Gasteiger partial charge on any atom is -0.494 e. The highest BCUT2D eigenvalue weighted by Gasteiger charge is 2.33. The van der Waals surface area contributed by atoms with Gasteiger partial charge in [0.2, 0.25) is 11.8 Å². The topological polar surface area (TPSA) is 96.0 Å². The third-order valence-corrected chi connectivity index (χ3v) is 9.19. The standard InChI is InChI=1S/C32H39N3O5S/c1-3-40-29-20-18-28(19-21-29)35(41(38,39)30-16-8-5-9-17-30)24-31(36)34(23-22-26-12-6-4-7-13-26)25(2)32(37)33-27-14-10-11-15-27/h4-9,12-13,16-21,25,27H,3,10-11,14-15,22-24H2,1-2H3,(H,33,37)/t25-/m0/s1. The van der Waals surface area contributed by atoms with Gasteiger partial charge in [0.05, 0.1) is 17.2 Å². The van der Waals surface area contributed by atoms with Crippen LogP contribution < -0.4 is 14.4 Å². The van der Waals surface area contributed by atoms with Crippen LogP contribution >= 0.6 is 0 Å². The Bertz CT molecular complexity index is 1380. The predicted molar refractivity (Wildman–Crippen MR) is 160 cm³/mol. The molecule has 1 atom stereocenters. The van der Waals surface area contributed by atoms with E-state index in [1.807, 2.05) is 37.3 Å². The SMILES string of the molecule is CCOc1ccc(N(CC(=O)N(CCc2ccccc2)[C@@H](C)C(=O)NC2CCCC2)S(=O)(=O)c2ccccc2)cc1. The fourth-order valence-electron chi connectivity index (χ4n) is 5.09. The number of nitrogens with zero attached hydrogens (tertiary/aromatic N) is 2. The van der Waals surface area contributed by atoms with Gasteiger partial charge in [0.1, 0.15) is 18.3 Å². The average molecular weight is 578 g/mol. The van der Waals surface area contributed by atoms with E-state index in [1.165, 1.54) is 17.0 Å². The monoisotopic (exact) mass is 577 g/mol. The van der Waals surface area contributed by atoms with Crippen LogP contribution in [0.4, 0.5) is 5.69 Å². The van der Waals surface area contributed by atoms with E-state index in [2.05, 4.69) is 5.32 Å². The van der Waals surface area contributed by atoms with Crippen LogP contribution in [-0.4, -0.2) is 56.9 Å². The van der Waals surface area contributed by atoms with Crippen molar-refractivity contribution in [3.8, 4) is 5.75 Å². The van der Waals surface area contributed by atoms with Crippen molar-refractivity contribution in [1.29, 1.82) is 0 Å². The van der Waals surface area contributed by atoms with Crippen molar-refractivity contribution in [2.45, 2.75) is 62.9 Å². The van der Waals surface area contributed by atoms with Crippen LogP contribution in [0.5, 0.6) is 5.75 Å². The second-order valence-corrected chi connectivity index (χ2v) is 12.1. The van der Waals surface area contributed by atoms with Crippen molar-refractivity contribution >= 4 is 27.5 Å². The molecule has 2 amide bonds. The van der Waals surface area contributed by atoms with Crippen molar-refractivity contribution in [1.82, 2.24) is 10.2 Å². The molecule has 9 heteroatoms. The largest absolute Gasteiger partial charge is 0.494 e. The lowest BCUT2D eigenvalue weighted by molar-refractivity contribution is -0.139. The molecule has 41 heavy (non-hydrogen) atoms. The highest BCUT2D eigenvalue weighted by molar-refractivity contribution is 7.92. The van der Waals surface area contributed by atoms with Gasteiger partial charge in [0.15, 0.2) is 0 Å². The Balaban J connectivity index is 1.63. The van der Waals surface area contributed by atoms with Crippen molar-refractivity contribution in [2.75, 3.05) is 24.0 Å². The normalized spacial score (nSPS) is 14.3. The molecule has 0 aromatic heterocycles. The highest BCUT2D eigenvalue weighted by Crippen LogP contribution is 2.26. The first-order valence-electron chi connectivity index (χ1n) is 14.2. The van der Waals surface area contributed by atoms with Gasteiger partial charge in [-0.05, 0) is 75.1 Å². The van der Waals surface area contributed by atoms with Crippen LogP contribution in [0.3, 0.4) is 0 Å². The maximum Gasteiger partial charge on any atom is 0.264 e. The first kappa shape index (κ1) is 30.1. The fraction of sp³-hybridized carbons (Fsp3) is 0.375. The van der Waals surface area contributed by atoms with Gasteiger partial charge in [-0.15, -0.1) is 0 Å². The highest BCUT2D eigenvalue weighted by atomic mass is 32.2. The number of anilines is 1. The molecule has 218 valence electrons. The van der Waals surface area contributed by atoms with Gasteiger partial charge >= 0.3 is 0 Å². The van der Waals surface area contributed by atoms with E-state index in [-0.39, 0.29) is 23.4 Å². The lowest BCUT2D eigenvalue weighted by Gasteiger charge is -2.32. The smallest absolute Gasteiger partial charge is 0.264 e. The van der Waals surface area contributed by atoms with Gasteiger partial charge in [0.25, 0.3) is 10.0 Å². The molecule has 3 aromatic carbocycles. The van der Waals surface area contributed by atoms with Crippen LogP contribution in [0.2, 0.25) is 0 Å².